The summed E-state index contributed by atoms with van der Waals surface area (Å²) in [7, 11) is 0. The van der Waals surface area contributed by atoms with Crippen LogP contribution >= 0.6 is 11.8 Å². The van der Waals surface area contributed by atoms with Crippen molar-refractivity contribution < 1.29 is 14.4 Å². The molecule has 0 aliphatic carbocycles. The molecule has 0 fully saturated rings. The van der Waals surface area contributed by atoms with Gasteiger partial charge in [-0.1, -0.05) is 12.1 Å². The molecule has 3 N–H and O–H groups in total. The standard InChI is InChI=1S/C18H17N3O3S/c1-11(22)19-12-6-8-13(9-7-12)20-17(23)10-16-18(24)21-14-4-2-3-5-15(14)25-16/h2-9,16H,10H2,1H3,(H,19,22)(H,20,23)(H,21,24)/t16-/m0/s1. The summed E-state index contributed by atoms with van der Waals surface area (Å²) in [6.45, 7) is 1.43. The minimum atomic E-state index is -0.464. The van der Waals surface area contributed by atoms with Crippen LogP contribution < -0.4 is 16.0 Å². The van der Waals surface area contributed by atoms with Crippen molar-refractivity contribution in [1.82, 2.24) is 0 Å². The monoisotopic (exact) mass is 355 g/mol. The molecule has 0 unspecified atom stereocenters. The molecule has 0 radical (unpaired) electrons. The molecule has 0 aromatic heterocycles. The van der Waals surface area contributed by atoms with Crippen LogP contribution in [0.3, 0.4) is 0 Å². The molecule has 1 aliphatic heterocycles. The second kappa shape index (κ2) is 7.40. The van der Waals surface area contributed by atoms with Crippen molar-refractivity contribution in [3.63, 3.8) is 0 Å². The van der Waals surface area contributed by atoms with Crippen molar-refractivity contribution in [3.05, 3.63) is 48.5 Å². The maximum Gasteiger partial charge on any atom is 0.238 e. The first-order valence-electron chi connectivity index (χ1n) is 7.75. The van der Waals surface area contributed by atoms with Crippen LogP contribution in [0.4, 0.5) is 17.1 Å². The highest BCUT2D eigenvalue weighted by Crippen LogP contribution is 2.36. The summed E-state index contributed by atoms with van der Waals surface area (Å²) >= 11 is 1.39. The number of benzene rings is 2. The smallest absolute Gasteiger partial charge is 0.238 e. The molecule has 128 valence electrons. The Morgan fingerprint density at radius 2 is 1.68 bits per heavy atom. The Kier molecular flexibility index (Phi) is 5.04. The maximum absolute atomic E-state index is 12.2. The molecule has 0 spiro atoms. The highest BCUT2D eigenvalue weighted by atomic mass is 32.2. The maximum atomic E-state index is 12.2. The van der Waals surface area contributed by atoms with Crippen molar-refractivity contribution >= 4 is 46.5 Å². The molecule has 25 heavy (non-hydrogen) atoms. The molecule has 6 nitrogen and oxygen atoms in total. The third-order valence-corrected chi connectivity index (χ3v) is 4.84. The van der Waals surface area contributed by atoms with Crippen LogP contribution in [0.25, 0.3) is 0 Å². The second-order valence-electron chi connectivity index (χ2n) is 5.60. The number of thioether (sulfide) groups is 1. The van der Waals surface area contributed by atoms with Gasteiger partial charge in [-0.15, -0.1) is 11.8 Å². The molecule has 0 bridgehead atoms. The van der Waals surface area contributed by atoms with Crippen molar-refractivity contribution in [2.45, 2.75) is 23.5 Å². The first-order chi connectivity index (χ1) is 12.0. The molecule has 2 aromatic carbocycles. The number of para-hydroxylation sites is 1. The lowest BCUT2D eigenvalue weighted by molar-refractivity contribution is -0.120. The summed E-state index contributed by atoms with van der Waals surface area (Å²) < 4.78 is 0. The summed E-state index contributed by atoms with van der Waals surface area (Å²) in [5, 5.41) is 7.79. The molecule has 3 amide bonds. The van der Waals surface area contributed by atoms with Crippen LogP contribution in [-0.2, 0) is 14.4 Å². The average molecular weight is 355 g/mol. The number of anilines is 3. The highest BCUT2D eigenvalue weighted by molar-refractivity contribution is 8.01. The van der Waals surface area contributed by atoms with E-state index in [0.717, 1.165) is 10.6 Å². The van der Waals surface area contributed by atoms with Crippen molar-refractivity contribution in [2.75, 3.05) is 16.0 Å². The Bertz CT molecular complexity index is 821. The molecule has 3 rings (SSSR count). The van der Waals surface area contributed by atoms with Gasteiger partial charge < -0.3 is 16.0 Å². The average Bonchev–Trinajstić information content (AvgIpc) is 2.57. The van der Waals surface area contributed by atoms with E-state index in [2.05, 4.69) is 16.0 Å². The number of fused-ring (bicyclic) bond motifs is 1. The van der Waals surface area contributed by atoms with E-state index in [1.54, 1.807) is 24.3 Å². The summed E-state index contributed by atoms with van der Waals surface area (Å²) in [6.07, 6.45) is 0.0816. The lowest BCUT2D eigenvalue weighted by Crippen LogP contribution is -2.32. The van der Waals surface area contributed by atoms with Gasteiger partial charge in [-0.05, 0) is 36.4 Å². The summed E-state index contributed by atoms with van der Waals surface area (Å²) in [5.41, 5.74) is 2.05. The Morgan fingerprint density at radius 1 is 1.04 bits per heavy atom. The fourth-order valence-electron chi connectivity index (χ4n) is 2.45. The number of hydrogen-bond acceptors (Lipinski definition) is 4. The summed E-state index contributed by atoms with van der Waals surface area (Å²) in [5.74, 6) is -0.559. The zero-order valence-electron chi connectivity index (χ0n) is 13.5. The first-order valence-corrected chi connectivity index (χ1v) is 8.63. The van der Waals surface area contributed by atoms with Gasteiger partial charge in [0, 0.05) is 29.6 Å². The molecular weight excluding hydrogens is 338 g/mol. The van der Waals surface area contributed by atoms with E-state index >= 15 is 0 Å². The fourth-order valence-corrected chi connectivity index (χ4v) is 3.56. The number of nitrogens with one attached hydrogen (secondary N) is 3. The van der Waals surface area contributed by atoms with Gasteiger partial charge in [0.15, 0.2) is 0 Å². The van der Waals surface area contributed by atoms with Crippen molar-refractivity contribution in [2.24, 2.45) is 0 Å². The Balaban J connectivity index is 1.59. The number of carbonyl (C=O) groups is 3. The number of carbonyl (C=O) groups excluding carboxylic acids is 3. The van der Waals surface area contributed by atoms with E-state index in [1.165, 1.54) is 18.7 Å². The Morgan fingerprint density at radius 3 is 2.36 bits per heavy atom. The molecule has 1 atom stereocenters. The van der Waals surface area contributed by atoms with Gasteiger partial charge in [0.2, 0.25) is 17.7 Å². The zero-order valence-corrected chi connectivity index (χ0v) is 14.4. The molecule has 0 saturated heterocycles. The third-order valence-electron chi connectivity index (χ3n) is 3.57. The molecule has 1 heterocycles. The lowest BCUT2D eigenvalue weighted by Gasteiger charge is -2.23. The van der Waals surface area contributed by atoms with E-state index in [0.29, 0.717) is 11.4 Å². The molecular formula is C18H17N3O3S. The van der Waals surface area contributed by atoms with E-state index < -0.39 is 5.25 Å². The molecule has 2 aromatic rings. The van der Waals surface area contributed by atoms with Gasteiger partial charge in [-0.2, -0.15) is 0 Å². The minimum absolute atomic E-state index is 0.0816. The van der Waals surface area contributed by atoms with E-state index in [4.69, 9.17) is 0 Å². The second-order valence-corrected chi connectivity index (χ2v) is 6.85. The highest BCUT2D eigenvalue weighted by Gasteiger charge is 2.28. The molecule has 0 saturated carbocycles. The molecule has 7 heteroatoms. The normalized spacial score (nSPS) is 15.7. The Labute approximate surface area is 149 Å². The van der Waals surface area contributed by atoms with E-state index in [9.17, 15) is 14.4 Å². The number of amides is 3. The van der Waals surface area contributed by atoms with E-state index in [-0.39, 0.29) is 24.1 Å². The Hall–Kier alpha value is -2.80. The predicted octanol–water partition coefficient (Wildman–Crippen LogP) is 3.09. The van der Waals surface area contributed by atoms with Crippen LogP contribution in [0.1, 0.15) is 13.3 Å². The number of hydrogen-bond donors (Lipinski definition) is 3. The zero-order chi connectivity index (χ0) is 17.8. The van der Waals surface area contributed by atoms with Gasteiger partial charge in [0.1, 0.15) is 0 Å². The summed E-state index contributed by atoms with van der Waals surface area (Å²) in [6, 6.07) is 14.3. The van der Waals surface area contributed by atoms with Crippen LogP contribution in [0, 0.1) is 0 Å². The number of rotatable bonds is 4. The van der Waals surface area contributed by atoms with Gasteiger partial charge in [-0.3, -0.25) is 14.4 Å². The lowest BCUT2D eigenvalue weighted by atomic mass is 10.2. The van der Waals surface area contributed by atoms with Crippen LogP contribution in [0.15, 0.2) is 53.4 Å². The van der Waals surface area contributed by atoms with Gasteiger partial charge in [0.25, 0.3) is 0 Å². The summed E-state index contributed by atoms with van der Waals surface area (Å²) in [4.78, 5) is 36.3. The van der Waals surface area contributed by atoms with E-state index in [1.807, 2.05) is 24.3 Å². The fraction of sp³-hybridized carbons (Fsp3) is 0.167. The van der Waals surface area contributed by atoms with Crippen molar-refractivity contribution in [3.8, 4) is 0 Å². The third kappa shape index (κ3) is 4.39. The van der Waals surface area contributed by atoms with Crippen LogP contribution in [-0.4, -0.2) is 23.0 Å². The topological polar surface area (TPSA) is 87.3 Å². The van der Waals surface area contributed by atoms with Gasteiger partial charge in [-0.25, -0.2) is 0 Å². The van der Waals surface area contributed by atoms with Crippen LogP contribution in [0.2, 0.25) is 0 Å². The largest absolute Gasteiger partial charge is 0.326 e. The molecule has 1 aliphatic rings. The predicted molar refractivity (Wildman–Crippen MR) is 98.7 cm³/mol. The van der Waals surface area contributed by atoms with Crippen LogP contribution in [0.5, 0.6) is 0 Å². The van der Waals surface area contributed by atoms with Crippen molar-refractivity contribution in [1.29, 1.82) is 0 Å². The quantitative estimate of drug-likeness (QED) is 0.786. The van der Waals surface area contributed by atoms with Gasteiger partial charge >= 0.3 is 0 Å². The minimum Gasteiger partial charge on any atom is -0.326 e. The first kappa shape index (κ1) is 17.0. The van der Waals surface area contributed by atoms with Gasteiger partial charge in [0.05, 0.1) is 10.9 Å². The SMILES string of the molecule is CC(=O)Nc1ccc(NC(=O)C[C@@H]2Sc3ccccc3NC2=O)cc1.